The SMILES string of the molecule is Cc1cccc(C)c1NC(=O)C[NH+]1CCN(C(=O)[C@H]2Cc3ccccc3O2)CC1. The Hall–Kier alpha value is -2.86. The van der Waals surface area contributed by atoms with E-state index in [0.29, 0.717) is 26.1 Å². The summed E-state index contributed by atoms with van der Waals surface area (Å²) >= 11 is 0. The zero-order chi connectivity index (χ0) is 20.4. The normalized spacial score (nSPS) is 18.8. The maximum Gasteiger partial charge on any atom is 0.279 e. The maximum absolute atomic E-state index is 12.8. The number of benzene rings is 2. The highest BCUT2D eigenvalue weighted by Gasteiger charge is 2.34. The molecule has 1 atom stereocenters. The average molecular weight is 394 g/mol. The van der Waals surface area contributed by atoms with E-state index in [1.165, 1.54) is 4.90 Å². The van der Waals surface area contributed by atoms with Crippen molar-refractivity contribution in [2.75, 3.05) is 38.0 Å². The summed E-state index contributed by atoms with van der Waals surface area (Å²) in [6.07, 6.45) is 0.224. The van der Waals surface area contributed by atoms with Gasteiger partial charge in [-0.2, -0.15) is 0 Å². The highest BCUT2D eigenvalue weighted by atomic mass is 16.5. The Morgan fingerprint density at radius 3 is 2.45 bits per heavy atom. The number of anilines is 1. The largest absolute Gasteiger partial charge is 0.480 e. The van der Waals surface area contributed by atoms with Crippen molar-refractivity contribution in [3.05, 3.63) is 59.2 Å². The molecule has 6 heteroatoms. The van der Waals surface area contributed by atoms with Crippen molar-refractivity contribution in [2.45, 2.75) is 26.4 Å². The molecule has 0 bridgehead atoms. The van der Waals surface area contributed by atoms with Crippen molar-refractivity contribution >= 4 is 17.5 Å². The standard InChI is InChI=1S/C23H27N3O3/c1-16-6-5-7-17(2)22(16)24-21(27)15-25-10-12-26(13-11-25)23(28)20-14-18-8-3-4-9-19(18)29-20/h3-9,20H,10-15H2,1-2H3,(H,24,27)/p+1/t20-/m1/s1. The van der Waals surface area contributed by atoms with Crippen molar-refractivity contribution in [1.82, 2.24) is 4.90 Å². The van der Waals surface area contributed by atoms with E-state index in [9.17, 15) is 9.59 Å². The first kappa shape index (κ1) is 19.5. The number of quaternary nitrogens is 1. The molecule has 1 saturated heterocycles. The molecule has 0 spiro atoms. The second-order valence-corrected chi connectivity index (χ2v) is 7.99. The van der Waals surface area contributed by atoms with E-state index in [-0.39, 0.29) is 11.8 Å². The third-order valence-electron chi connectivity index (χ3n) is 5.86. The topological polar surface area (TPSA) is 63.1 Å². The molecule has 2 aromatic rings. The van der Waals surface area contributed by atoms with Gasteiger partial charge in [0.2, 0.25) is 0 Å². The average Bonchev–Trinajstić information content (AvgIpc) is 3.15. The smallest absolute Gasteiger partial charge is 0.279 e. The van der Waals surface area contributed by atoms with Gasteiger partial charge in [0.25, 0.3) is 11.8 Å². The quantitative estimate of drug-likeness (QED) is 0.813. The Balaban J connectivity index is 1.26. The van der Waals surface area contributed by atoms with Crippen LogP contribution in [0.5, 0.6) is 5.75 Å². The summed E-state index contributed by atoms with van der Waals surface area (Å²) in [7, 11) is 0. The molecule has 2 aliphatic rings. The minimum absolute atomic E-state index is 0.0201. The summed E-state index contributed by atoms with van der Waals surface area (Å²) in [6.45, 7) is 7.27. The Kier molecular flexibility index (Phi) is 5.53. The number of para-hydroxylation sites is 2. The fraction of sp³-hybridized carbons (Fsp3) is 0.391. The first-order valence-electron chi connectivity index (χ1n) is 10.2. The second kappa shape index (κ2) is 8.25. The molecule has 0 aromatic heterocycles. The Bertz CT molecular complexity index is 874. The van der Waals surface area contributed by atoms with Gasteiger partial charge in [0.15, 0.2) is 12.6 Å². The van der Waals surface area contributed by atoms with Gasteiger partial charge in [0.05, 0.1) is 26.2 Å². The molecule has 2 aromatic carbocycles. The minimum atomic E-state index is -0.415. The number of carbonyl (C=O) groups is 2. The molecule has 0 radical (unpaired) electrons. The van der Waals surface area contributed by atoms with E-state index in [1.54, 1.807) is 0 Å². The molecular formula is C23H28N3O3+. The van der Waals surface area contributed by atoms with Crippen LogP contribution in [0.15, 0.2) is 42.5 Å². The number of hydrogen-bond donors (Lipinski definition) is 2. The van der Waals surface area contributed by atoms with Gasteiger partial charge in [-0.05, 0) is 36.6 Å². The predicted octanol–water partition coefficient (Wildman–Crippen LogP) is 0.973. The number of hydrogen-bond acceptors (Lipinski definition) is 3. The van der Waals surface area contributed by atoms with E-state index in [0.717, 1.165) is 41.2 Å². The lowest BCUT2D eigenvalue weighted by atomic mass is 10.1. The number of piperazine rings is 1. The summed E-state index contributed by atoms with van der Waals surface area (Å²) in [5, 5.41) is 3.05. The first-order chi connectivity index (χ1) is 14.0. The van der Waals surface area contributed by atoms with Crippen LogP contribution < -0.4 is 15.0 Å². The summed E-state index contributed by atoms with van der Waals surface area (Å²) in [4.78, 5) is 28.4. The van der Waals surface area contributed by atoms with Crippen LogP contribution in [0.2, 0.25) is 0 Å². The van der Waals surface area contributed by atoms with Gasteiger partial charge >= 0.3 is 0 Å². The van der Waals surface area contributed by atoms with Gasteiger partial charge < -0.3 is 19.9 Å². The third-order valence-corrected chi connectivity index (χ3v) is 5.86. The van der Waals surface area contributed by atoms with Crippen molar-refractivity contribution < 1.29 is 19.2 Å². The zero-order valence-electron chi connectivity index (χ0n) is 17.0. The summed E-state index contributed by atoms with van der Waals surface area (Å²) in [6, 6.07) is 13.8. The molecule has 152 valence electrons. The maximum atomic E-state index is 12.8. The van der Waals surface area contributed by atoms with Crippen LogP contribution in [0, 0.1) is 13.8 Å². The van der Waals surface area contributed by atoms with Crippen LogP contribution >= 0.6 is 0 Å². The summed E-state index contributed by atoms with van der Waals surface area (Å²) < 4.78 is 5.84. The fourth-order valence-corrected chi connectivity index (χ4v) is 4.17. The number of ether oxygens (including phenoxy) is 1. The molecule has 4 rings (SSSR count). The van der Waals surface area contributed by atoms with Crippen LogP contribution in [0.25, 0.3) is 0 Å². The molecular weight excluding hydrogens is 366 g/mol. The summed E-state index contributed by atoms with van der Waals surface area (Å²) in [5.41, 5.74) is 4.14. The zero-order valence-corrected chi connectivity index (χ0v) is 17.0. The molecule has 6 nitrogen and oxygen atoms in total. The van der Waals surface area contributed by atoms with Crippen molar-refractivity contribution in [1.29, 1.82) is 0 Å². The third kappa shape index (κ3) is 4.27. The molecule has 2 N–H and O–H groups in total. The lowest BCUT2D eigenvalue weighted by Gasteiger charge is -2.33. The lowest BCUT2D eigenvalue weighted by Crippen LogP contribution is -3.15. The number of amides is 2. The minimum Gasteiger partial charge on any atom is -0.480 e. The number of rotatable bonds is 4. The molecule has 1 fully saturated rings. The highest BCUT2D eigenvalue weighted by Crippen LogP contribution is 2.28. The Morgan fingerprint density at radius 1 is 1.07 bits per heavy atom. The second-order valence-electron chi connectivity index (χ2n) is 7.99. The molecule has 0 saturated carbocycles. The molecule has 2 heterocycles. The fourth-order valence-electron chi connectivity index (χ4n) is 4.17. The molecule has 0 unspecified atom stereocenters. The monoisotopic (exact) mass is 394 g/mol. The van der Waals surface area contributed by atoms with Crippen LogP contribution in [0.4, 0.5) is 5.69 Å². The lowest BCUT2D eigenvalue weighted by molar-refractivity contribution is -0.895. The number of nitrogens with zero attached hydrogens (tertiary/aromatic N) is 1. The number of aryl methyl sites for hydroxylation is 2. The highest BCUT2D eigenvalue weighted by molar-refractivity contribution is 5.93. The van der Waals surface area contributed by atoms with Crippen LogP contribution in [0.3, 0.4) is 0 Å². The number of carbonyl (C=O) groups excluding carboxylic acids is 2. The summed E-state index contributed by atoms with van der Waals surface area (Å²) in [5.74, 6) is 0.894. The van der Waals surface area contributed by atoms with E-state index >= 15 is 0 Å². The van der Waals surface area contributed by atoms with E-state index < -0.39 is 6.10 Å². The van der Waals surface area contributed by atoms with Crippen LogP contribution in [0.1, 0.15) is 16.7 Å². The molecule has 29 heavy (non-hydrogen) atoms. The van der Waals surface area contributed by atoms with Gasteiger partial charge in [-0.15, -0.1) is 0 Å². The Morgan fingerprint density at radius 2 is 1.76 bits per heavy atom. The number of nitrogens with one attached hydrogen (secondary N) is 2. The van der Waals surface area contributed by atoms with E-state index in [4.69, 9.17) is 4.74 Å². The van der Waals surface area contributed by atoms with Gasteiger partial charge in [-0.25, -0.2) is 0 Å². The molecule has 2 amide bonds. The number of fused-ring (bicyclic) bond motifs is 1. The molecule has 0 aliphatic carbocycles. The predicted molar refractivity (Wildman–Crippen MR) is 111 cm³/mol. The van der Waals surface area contributed by atoms with Gasteiger partial charge in [0.1, 0.15) is 5.75 Å². The van der Waals surface area contributed by atoms with Gasteiger partial charge in [-0.1, -0.05) is 36.4 Å². The Labute approximate surface area is 171 Å². The van der Waals surface area contributed by atoms with Gasteiger partial charge in [0, 0.05) is 12.1 Å². The first-order valence-corrected chi connectivity index (χ1v) is 10.2. The van der Waals surface area contributed by atoms with Crippen molar-refractivity contribution in [2.24, 2.45) is 0 Å². The van der Waals surface area contributed by atoms with Crippen molar-refractivity contribution in [3.8, 4) is 5.75 Å². The molecule has 2 aliphatic heterocycles. The van der Waals surface area contributed by atoms with Crippen LogP contribution in [-0.4, -0.2) is 55.5 Å². The van der Waals surface area contributed by atoms with E-state index in [2.05, 4.69) is 5.32 Å². The van der Waals surface area contributed by atoms with Crippen LogP contribution in [-0.2, 0) is 16.0 Å². The van der Waals surface area contributed by atoms with E-state index in [1.807, 2.05) is 61.2 Å². The van der Waals surface area contributed by atoms with Crippen molar-refractivity contribution in [3.63, 3.8) is 0 Å². The van der Waals surface area contributed by atoms with Gasteiger partial charge in [-0.3, -0.25) is 9.59 Å².